The fourth-order valence-electron chi connectivity index (χ4n) is 6.16. The average molecular weight is 352 g/mol. The lowest BCUT2D eigenvalue weighted by molar-refractivity contribution is -0.155. The van der Waals surface area contributed by atoms with Crippen molar-refractivity contribution in [2.24, 2.45) is 11.3 Å². The number of fused-ring (bicyclic) bond motifs is 3. The summed E-state index contributed by atoms with van der Waals surface area (Å²) in [7, 11) is 1.67. The lowest BCUT2D eigenvalue weighted by Crippen LogP contribution is -2.45. The van der Waals surface area contributed by atoms with Crippen molar-refractivity contribution in [3.63, 3.8) is 0 Å². The number of aliphatic hydroxyl groups is 1. The van der Waals surface area contributed by atoms with Crippen molar-refractivity contribution >= 4 is 16.7 Å². The second-order valence-corrected chi connectivity index (χ2v) is 8.46. The first-order chi connectivity index (χ1) is 12.4. The van der Waals surface area contributed by atoms with E-state index in [1.54, 1.807) is 7.11 Å². The Kier molecular flexibility index (Phi) is 3.11. The Hall–Kier alpha value is -2.07. The van der Waals surface area contributed by atoms with Crippen LogP contribution in [0.15, 0.2) is 30.3 Å². The molecule has 0 saturated heterocycles. The minimum atomic E-state index is -0.546. The van der Waals surface area contributed by atoms with Gasteiger partial charge < -0.3 is 14.6 Å². The van der Waals surface area contributed by atoms with Gasteiger partial charge in [-0.2, -0.15) is 0 Å². The zero-order chi connectivity index (χ0) is 18.3. The Bertz CT molecular complexity index is 935. The Labute approximate surface area is 153 Å². The fourth-order valence-corrected chi connectivity index (χ4v) is 6.16. The predicted molar refractivity (Wildman–Crippen MR) is 98.1 cm³/mol. The molecule has 2 fully saturated rings. The summed E-state index contributed by atoms with van der Waals surface area (Å²) in [5.41, 5.74) is 2.16. The Morgan fingerprint density at radius 1 is 1.23 bits per heavy atom. The van der Waals surface area contributed by atoms with E-state index in [4.69, 9.17) is 9.47 Å². The van der Waals surface area contributed by atoms with Gasteiger partial charge in [0, 0.05) is 17.8 Å². The zero-order valence-electron chi connectivity index (χ0n) is 15.4. The molecule has 2 aromatic rings. The standard InChI is InChI=1S/C22H24O4/c1-12(23)26-19-9-14-10-22(14)17-7-4-13-8-15(25-3)5-6-16(13)20(17)18(24)11-21(19,22)2/h4-8,14,18-19,24H,9-11H2,1-3H3/t14-,18-,19-,21-,22+/m1/s1. The molecular formula is C22H24O4. The van der Waals surface area contributed by atoms with Gasteiger partial charge in [-0.1, -0.05) is 25.1 Å². The van der Waals surface area contributed by atoms with Crippen molar-refractivity contribution < 1.29 is 19.4 Å². The number of ether oxygens (including phenoxy) is 2. The Morgan fingerprint density at radius 2 is 2.04 bits per heavy atom. The summed E-state index contributed by atoms with van der Waals surface area (Å²) in [6.45, 7) is 3.69. The van der Waals surface area contributed by atoms with Gasteiger partial charge in [0.15, 0.2) is 0 Å². The number of benzene rings is 2. The predicted octanol–water partition coefficient (Wildman–Crippen LogP) is 3.88. The molecular weight excluding hydrogens is 328 g/mol. The van der Waals surface area contributed by atoms with Crippen LogP contribution in [0.3, 0.4) is 0 Å². The number of rotatable bonds is 2. The molecule has 2 saturated carbocycles. The van der Waals surface area contributed by atoms with E-state index in [-0.39, 0.29) is 22.9 Å². The van der Waals surface area contributed by atoms with Crippen LogP contribution in [0.5, 0.6) is 5.75 Å². The number of hydrogen-bond donors (Lipinski definition) is 1. The summed E-state index contributed by atoms with van der Waals surface area (Å²) >= 11 is 0. The second-order valence-electron chi connectivity index (χ2n) is 8.46. The number of carbonyl (C=O) groups is 1. The van der Waals surface area contributed by atoms with E-state index in [9.17, 15) is 9.90 Å². The number of methoxy groups -OCH3 is 1. The van der Waals surface area contributed by atoms with E-state index in [0.717, 1.165) is 34.9 Å². The lowest BCUT2D eigenvalue weighted by Gasteiger charge is -2.46. The van der Waals surface area contributed by atoms with Gasteiger partial charge in [-0.3, -0.25) is 4.79 Å². The molecule has 0 aliphatic heterocycles. The van der Waals surface area contributed by atoms with E-state index in [2.05, 4.69) is 25.1 Å². The molecule has 1 spiro atoms. The molecule has 0 heterocycles. The molecule has 1 N–H and O–H groups in total. The first-order valence-electron chi connectivity index (χ1n) is 9.37. The molecule has 2 aromatic carbocycles. The van der Waals surface area contributed by atoms with Gasteiger partial charge in [-0.05, 0) is 59.2 Å². The molecule has 5 atom stereocenters. The minimum absolute atomic E-state index is 0.0375. The molecule has 136 valence electrons. The van der Waals surface area contributed by atoms with Crippen molar-refractivity contribution in [1.82, 2.24) is 0 Å². The third-order valence-corrected chi connectivity index (χ3v) is 7.34. The van der Waals surface area contributed by atoms with Crippen molar-refractivity contribution in [2.45, 2.75) is 50.7 Å². The topological polar surface area (TPSA) is 55.8 Å². The molecule has 3 aliphatic carbocycles. The molecule has 0 aromatic heterocycles. The van der Waals surface area contributed by atoms with Crippen LogP contribution in [0.1, 0.15) is 50.3 Å². The van der Waals surface area contributed by atoms with Gasteiger partial charge in [0.25, 0.3) is 0 Å². The SMILES string of the molecule is COc1ccc2c3c(ccc2c1)[C@]12C[C@H]1C[C@@H](OC(C)=O)[C@@]2(C)C[C@H]3O. The summed E-state index contributed by atoms with van der Waals surface area (Å²) in [5, 5.41) is 13.3. The van der Waals surface area contributed by atoms with Crippen molar-refractivity contribution in [3.8, 4) is 5.75 Å². The van der Waals surface area contributed by atoms with Crippen LogP contribution >= 0.6 is 0 Å². The number of carbonyl (C=O) groups excluding carboxylic acids is 1. The monoisotopic (exact) mass is 352 g/mol. The third kappa shape index (κ3) is 1.81. The maximum Gasteiger partial charge on any atom is 0.302 e. The smallest absolute Gasteiger partial charge is 0.302 e. The van der Waals surface area contributed by atoms with Crippen LogP contribution in [-0.4, -0.2) is 24.3 Å². The van der Waals surface area contributed by atoms with E-state index in [0.29, 0.717) is 12.3 Å². The van der Waals surface area contributed by atoms with Crippen LogP contribution in [0.25, 0.3) is 10.8 Å². The molecule has 3 aliphatic rings. The van der Waals surface area contributed by atoms with Crippen LogP contribution < -0.4 is 4.74 Å². The van der Waals surface area contributed by atoms with Crippen LogP contribution in [0.4, 0.5) is 0 Å². The van der Waals surface area contributed by atoms with E-state index >= 15 is 0 Å². The highest BCUT2D eigenvalue weighted by molar-refractivity contribution is 5.89. The molecule has 4 nitrogen and oxygen atoms in total. The molecule has 0 amide bonds. The molecule has 5 rings (SSSR count). The normalized spacial score (nSPS) is 36.8. The van der Waals surface area contributed by atoms with E-state index in [1.807, 2.05) is 12.1 Å². The first-order valence-corrected chi connectivity index (χ1v) is 9.37. The number of aliphatic hydroxyl groups excluding tert-OH is 1. The molecule has 0 bridgehead atoms. The lowest BCUT2D eigenvalue weighted by atomic mass is 9.60. The van der Waals surface area contributed by atoms with E-state index < -0.39 is 6.10 Å². The van der Waals surface area contributed by atoms with Crippen molar-refractivity contribution in [2.75, 3.05) is 7.11 Å². The molecule has 4 heteroatoms. The first kappa shape index (κ1) is 16.1. The highest BCUT2D eigenvalue weighted by atomic mass is 16.5. The summed E-state index contributed by atoms with van der Waals surface area (Å²) < 4.78 is 11.0. The van der Waals surface area contributed by atoms with Gasteiger partial charge >= 0.3 is 5.97 Å². The maximum absolute atomic E-state index is 11.6. The summed E-state index contributed by atoms with van der Waals surface area (Å²) in [6.07, 6.45) is 2.02. The van der Waals surface area contributed by atoms with Gasteiger partial charge in [0.05, 0.1) is 13.2 Å². The fraction of sp³-hybridized carbons (Fsp3) is 0.500. The van der Waals surface area contributed by atoms with Gasteiger partial charge in [0.1, 0.15) is 11.9 Å². The molecule has 0 radical (unpaired) electrons. The minimum Gasteiger partial charge on any atom is -0.497 e. The number of esters is 1. The summed E-state index contributed by atoms with van der Waals surface area (Å²) in [4.78, 5) is 11.6. The highest BCUT2D eigenvalue weighted by Crippen LogP contribution is 2.77. The van der Waals surface area contributed by atoms with Gasteiger partial charge in [0.2, 0.25) is 0 Å². The Morgan fingerprint density at radius 3 is 2.77 bits per heavy atom. The molecule has 26 heavy (non-hydrogen) atoms. The van der Waals surface area contributed by atoms with Crippen molar-refractivity contribution in [3.05, 3.63) is 41.5 Å². The van der Waals surface area contributed by atoms with Gasteiger partial charge in [-0.25, -0.2) is 0 Å². The van der Waals surface area contributed by atoms with Gasteiger partial charge in [-0.15, -0.1) is 0 Å². The highest BCUT2D eigenvalue weighted by Gasteiger charge is 2.76. The van der Waals surface area contributed by atoms with Crippen LogP contribution in [0.2, 0.25) is 0 Å². The molecule has 0 unspecified atom stereocenters. The largest absolute Gasteiger partial charge is 0.497 e. The maximum atomic E-state index is 11.6. The summed E-state index contributed by atoms with van der Waals surface area (Å²) in [6, 6.07) is 10.4. The van der Waals surface area contributed by atoms with Crippen LogP contribution in [-0.2, 0) is 14.9 Å². The quantitative estimate of drug-likeness (QED) is 0.833. The van der Waals surface area contributed by atoms with E-state index in [1.165, 1.54) is 12.5 Å². The number of hydrogen-bond acceptors (Lipinski definition) is 4. The Balaban J connectivity index is 1.69. The second kappa shape index (κ2) is 5.01. The average Bonchev–Trinajstić information content (AvgIpc) is 3.27. The third-order valence-electron chi connectivity index (χ3n) is 7.34. The summed E-state index contributed by atoms with van der Waals surface area (Å²) in [5.74, 6) is 1.14. The van der Waals surface area contributed by atoms with Crippen LogP contribution in [0, 0.1) is 11.3 Å². The zero-order valence-corrected chi connectivity index (χ0v) is 15.4. The van der Waals surface area contributed by atoms with Crippen molar-refractivity contribution in [1.29, 1.82) is 0 Å².